The van der Waals surface area contributed by atoms with Crippen molar-refractivity contribution in [1.29, 1.82) is 0 Å². The Morgan fingerprint density at radius 2 is 0.857 bits per heavy atom. The fraction of sp³-hybridized carbons (Fsp3) is 0.0448. The molecule has 0 bridgehead atoms. The molecule has 70 heavy (non-hydrogen) atoms. The molecule has 0 atom stereocenters. The second-order valence-electron chi connectivity index (χ2n) is 18.5. The van der Waals surface area contributed by atoms with E-state index in [1.165, 1.54) is 50.1 Å². The lowest BCUT2D eigenvalue weighted by atomic mass is 9.52. The monoisotopic (exact) mass is 910 g/mol. The minimum absolute atomic E-state index is 0.598. The van der Waals surface area contributed by atoms with Crippen LogP contribution < -0.4 is 0 Å². The highest BCUT2D eigenvalue weighted by Crippen LogP contribution is 2.69. The fourth-order valence-corrected chi connectivity index (χ4v) is 12.7. The number of benzene rings is 9. The first-order valence-electron chi connectivity index (χ1n) is 24.0. The molecule has 10 aromatic rings. The molecule has 1 aromatic heterocycles. The summed E-state index contributed by atoms with van der Waals surface area (Å²) in [5.74, 6) is 0.666. The van der Waals surface area contributed by atoms with Gasteiger partial charge < -0.3 is 0 Å². The maximum atomic E-state index is 5.69. The average molecular weight is 911 g/mol. The van der Waals surface area contributed by atoms with Crippen molar-refractivity contribution in [2.45, 2.75) is 22.6 Å². The Labute approximate surface area is 415 Å². The number of rotatable bonds is 7. The van der Waals surface area contributed by atoms with Gasteiger partial charge in [0.25, 0.3) is 0 Å². The van der Waals surface area contributed by atoms with Crippen molar-refractivity contribution in [3.8, 4) is 67.3 Å². The van der Waals surface area contributed by atoms with E-state index < -0.39 is 10.8 Å². The van der Waals surface area contributed by atoms with Gasteiger partial charge in [0.05, 0.1) is 22.2 Å². The number of aromatic nitrogens is 2. The summed E-state index contributed by atoms with van der Waals surface area (Å²) in [7, 11) is 0. The summed E-state index contributed by atoms with van der Waals surface area (Å²) in [6, 6.07) is 79.6. The predicted octanol–water partition coefficient (Wildman–Crippen LogP) is 16.6. The van der Waals surface area contributed by atoms with Gasteiger partial charge in [-0.2, -0.15) is 0 Å². The summed E-state index contributed by atoms with van der Waals surface area (Å²) >= 11 is 5.69. The third-order valence-electron chi connectivity index (χ3n) is 15.0. The van der Waals surface area contributed by atoms with Gasteiger partial charge in [-0.3, -0.25) is 0 Å². The first-order valence-corrected chi connectivity index (χ1v) is 24.5. The molecule has 3 aliphatic rings. The molecule has 0 unspecified atom stereocenters. The Morgan fingerprint density at radius 1 is 0.414 bits per heavy atom. The molecule has 0 aliphatic heterocycles. The lowest BCUT2D eigenvalue weighted by Gasteiger charge is -2.49. The molecule has 0 N–H and O–H groups in total. The lowest BCUT2D eigenvalue weighted by molar-refractivity contribution is 0.627. The van der Waals surface area contributed by atoms with Crippen LogP contribution in [0.4, 0.5) is 0 Å². The number of hydrogen-bond donors (Lipinski definition) is 1. The zero-order chi connectivity index (χ0) is 47.0. The highest BCUT2D eigenvalue weighted by Gasteiger charge is 2.60. The molecule has 0 saturated heterocycles. The summed E-state index contributed by atoms with van der Waals surface area (Å²) in [5, 5.41) is 0. The van der Waals surface area contributed by atoms with Crippen LogP contribution in [0.3, 0.4) is 0 Å². The molecule has 0 saturated carbocycles. The largest absolute Gasteiger partial charge is 0.228 e. The number of fused-ring (bicyclic) bond motifs is 16. The van der Waals surface area contributed by atoms with Gasteiger partial charge in [-0.25, -0.2) is 9.97 Å². The zero-order valence-electron chi connectivity index (χ0n) is 38.6. The third kappa shape index (κ3) is 5.95. The maximum absolute atomic E-state index is 5.69. The Morgan fingerprint density at radius 3 is 1.44 bits per heavy atom. The van der Waals surface area contributed by atoms with E-state index in [2.05, 4.69) is 237 Å². The lowest BCUT2D eigenvalue weighted by Crippen LogP contribution is -2.44. The van der Waals surface area contributed by atoms with Crippen molar-refractivity contribution < 1.29 is 0 Å². The van der Waals surface area contributed by atoms with Crippen LogP contribution >= 0.6 is 12.6 Å². The summed E-state index contributed by atoms with van der Waals surface area (Å²) in [4.78, 5) is 12.1. The molecule has 2 nitrogen and oxygen atoms in total. The number of thiol groups is 1. The van der Waals surface area contributed by atoms with E-state index in [4.69, 9.17) is 22.6 Å². The second kappa shape index (κ2) is 16.4. The van der Waals surface area contributed by atoms with Gasteiger partial charge in [0, 0.05) is 21.6 Å². The molecule has 1 heterocycles. The summed E-state index contributed by atoms with van der Waals surface area (Å²) in [6.07, 6.45) is 8.22. The molecular formula is C67H46N2S. The SMILES string of the molecule is C=C(/C=C\C=C/C)c1ccc2c(c1S)C1(c3ccccc3C3(c4ccccc4-c4ccccc43)c3ccccc31)c1c(-c3nc(-c4ccccc4)cc(-c4ccc(-c5ccccc5)cc4)n3)cccc1-2. The number of hydrogen-bond acceptors (Lipinski definition) is 3. The van der Waals surface area contributed by atoms with Crippen molar-refractivity contribution in [3.63, 3.8) is 0 Å². The van der Waals surface area contributed by atoms with Crippen molar-refractivity contribution in [1.82, 2.24) is 9.97 Å². The standard InChI is InChI=1S/C67H46N2S/c1-3-4-7-21-43(2)48-40-41-52-51-28-20-29-53(65-68-60(46-24-10-6-11-25-46)42-61(69-65)47-38-36-45(37-39-47)44-22-8-5-9-23-44)62(51)67(63(52)64(48)70)58-34-18-16-32-56(58)66(57-33-17-19-35-59(57)67)54-30-14-12-26-49(54)50-27-13-15-31-55(50)66/h3-42,70H,2H2,1H3/b4-3-,21-7-. The molecule has 330 valence electrons. The molecule has 13 rings (SSSR count). The smallest absolute Gasteiger partial charge is 0.160 e. The number of allylic oxidation sites excluding steroid dienone is 5. The van der Waals surface area contributed by atoms with Crippen molar-refractivity contribution in [3.05, 3.63) is 299 Å². The molecule has 3 heteroatoms. The third-order valence-corrected chi connectivity index (χ3v) is 15.4. The van der Waals surface area contributed by atoms with E-state index in [0.29, 0.717) is 5.82 Å². The minimum atomic E-state index is -0.865. The van der Waals surface area contributed by atoms with Crippen molar-refractivity contribution >= 4 is 18.2 Å². The van der Waals surface area contributed by atoms with Crippen LogP contribution in [0.1, 0.15) is 57.0 Å². The molecule has 0 amide bonds. The topological polar surface area (TPSA) is 25.8 Å². The predicted molar refractivity (Wildman–Crippen MR) is 292 cm³/mol. The maximum Gasteiger partial charge on any atom is 0.160 e. The summed E-state index contributed by atoms with van der Waals surface area (Å²) < 4.78 is 0. The fourth-order valence-electron chi connectivity index (χ4n) is 12.2. The normalized spacial score (nSPS) is 14.0. The van der Waals surface area contributed by atoms with E-state index in [1.54, 1.807) is 0 Å². The summed E-state index contributed by atoms with van der Waals surface area (Å²) in [6.45, 7) is 6.67. The Balaban J connectivity index is 1.14. The van der Waals surface area contributed by atoms with E-state index in [9.17, 15) is 0 Å². The first-order chi connectivity index (χ1) is 34.5. The van der Waals surface area contributed by atoms with Crippen LogP contribution in [0.5, 0.6) is 0 Å². The molecule has 0 radical (unpaired) electrons. The van der Waals surface area contributed by atoms with Gasteiger partial charge >= 0.3 is 0 Å². The van der Waals surface area contributed by atoms with E-state index in [0.717, 1.165) is 71.9 Å². The number of nitrogens with zero attached hydrogens (tertiary/aromatic N) is 2. The van der Waals surface area contributed by atoms with Crippen molar-refractivity contribution in [2.24, 2.45) is 0 Å². The van der Waals surface area contributed by atoms with E-state index in [-0.39, 0.29) is 0 Å². The Hall–Kier alpha value is -8.37. The van der Waals surface area contributed by atoms with Crippen molar-refractivity contribution in [2.75, 3.05) is 0 Å². The molecule has 9 aromatic carbocycles. The van der Waals surface area contributed by atoms with Crippen LogP contribution in [-0.4, -0.2) is 9.97 Å². The van der Waals surface area contributed by atoms with Gasteiger partial charge in [0.15, 0.2) is 5.82 Å². The van der Waals surface area contributed by atoms with Gasteiger partial charge in [0.2, 0.25) is 0 Å². The first kappa shape index (κ1) is 41.8. The second-order valence-corrected chi connectivity index (χ2v) is 18.9. The van der Waals surface area contributed by atoms with Crippen LogP contribution in [0.2, 0.25) is 0 Å². The van der Waals surface area contributed by atoms with Gasteiger partial charge in [-0.1, -0.05) is 243 Å². The van der Waals surface area contributed by atoms with E-state index >= 15 is 0 Å². The average Bonchev–Trinajstić information content (AvgIpc) is 3.90. The molecule has 3 aliphatic carbocycles. The van der Waals surface area contributed by atoms with Gasteiger partial charge in [0.1, 0.15) is 0 Å². The van der Waals surface area contributed by atoms with Crippen LogP contribution in [0, 0.1) is 0 Å². The highest BCUT2D eigenvalue weighted by molar-refractivity contribution is 7.80. The molecule has 0 fully saturated rings. The van der Waals surface area contributed by atoms with E-state index in [1.807, 2.05) is 19.1 Å². The zero-order valence-corrected chi connectivity index (χ0v) is 39.5. The van der Waals surface area contributed by atoms with Crippen LogP contribution in [0.15, 0.2) is 254 Å². The van der Waals surface area contributed by atoms with Gasteiger partial charge in [-0.15, -0.1) is 12.6 Å². The highest BCUT2D eigenvalue weighted by atomic mass is 32.1. The minimum Gasteiger partial charge on any atom is -0.228 e. The quantitative estimate of drug-likeness (QED) is 0.127. The molecular weight excluding hydrogens is 865 g/mol. The summed E-state index contributed by atoms with van der Waals surface area (Å²) in [5.41, 5.74) is 22.1. The van der Waals surface area contributed by atoms with Gasteiger partial charge in [-0.05, 0) is 102 Å². The van der Waals surface area contributed by atoms with Crippen LogP contribution in [0.25, 0.3) is 72.9 Å². The Kier molecular flexibility index (Phi) is 9.79. The molecule has 2 spiro atoms. The van der Waals surface area contributed by atoms with Crippen LogP contribution in [-0.2, 0) is 10.8 Å². The Bertz CT molecular complexity index is 3710.